The first kappa shape index (κ1) is 15.6. The first-order chi connectivity index (χ1) is 10.2. The lowest BCUT2D eigenvalue weighted by Crippen LogP contribution is -2.48. The summed E-state index contributed by atoms with van der Waals surface area (Å²) in [4.78, 5) is 24.0. The standard InChI is InChI=1S/C16H24N2O3/c1-12(17-16(20)13-9-10-21-11-13)15(19)18-14-7-5-3-2-4-6-8-14/h9-12,14H,2-8H2,1H3,(H,17,20)(H,18,19)/t12-/m1/s1. The summed E-state index contributed by atoms with van der Waals surface area (Å²) in [5, 5.41) is 5.75. The van der Waals surface area contributed by atoms with Crippen LogP contribution in [0.1, 0.15) is 62.2 Å². The summed E-state index contributed by atoms with van der Waals surface area (Å²) in [6, 6.07) is 1.28. The van der Waals surface area contributed by atoms with E-state index in [1.807, 2.05) is 0 Å². The van der Waals surface area contributed by atoms with Gasteiger partial charge in [0.25, 0.3) is 5.91 Å². The summed E-state index contributed by atoms with van der Waals surface area (Å²) in [5.41, 5.74) is 0.431. The quantitative estimate of drug-likeness (QED) is 0.896. The maximum absolute atomic E-state index is 12.2. The smallest absolute Gasteiger partial charge is 0.255 e. The monoisotopic (exact) mass is 292 g/mol. The molecule has 2 N–H and O–H groups in total. The summed E-state index contributed by atoms with van der Waals surface area (Å²) < 4.78 is 4.86. The zero-order valence-electron chi connectivity index (χ0n) is 12.6. The van der Waals surface area contributed by atoms with E-state index in [0.29, 0.717) is 5.56 Å². The molecule has 2 rings (SSSR count). The average molecular weight is 292 g/mol. The summed E-state index contributed by atoms with van der Waals surface area (Å²) in [6.45, 7) is 1.70. The van der Waals surface area contributed by atoms with Gasteiger partial charge in [0.2, 0.25) is 5.91 Å². The number of hydrogen-bond donors (Lipinski definition) is 2. The lowest BCUT2D eigenvalue weighted by molar-refractivity contribution is -0.123. The zero-order valence-corrected chi connectivity index (χ0v) is 12.6. The van der Waals surface area contributed by atoms with E-state index in [9.17, 15) is 9.59 Å². The molecule has 0 bridgehead atoms. The predicted octanol–water partition coefficient (Wildman–Crippen LogP) is 2.63. The fraction of sp³-hybridized carbons (Fsp3) is 0.625. The maximum atomic E-state index is 12.2. The van der Waals surface area contributed by atoms with Crippen LogP contribution in [0.4, 0.5) is 0 Å². The molecule has 1 aromatic rings. The number of carbonyl (C=O) groups is 2. The van der Waals surface area contributed by atoms with Crippen molar-refractivity contribution in [1.29, 1.82) is 0 Å². The van der Waals surface area contributed by atoms with Gasteiger partial charge in [-0.15, -0.1) is 0 Å². The zero-order chi connectivity index (χ0) is 15.1. The molecule has 1 saturated carbocycles. The molecule has 1 aliphatic rings. The molecule has 1 fully saturated rings. The first-order valence-corrected chi connectivity index (χ1v) is 7.80. The Bertz CT molecular complexity index is 448. The van der Waals surface area contributed by atoms with E-state index in [1.165, 1.54) is 44.6 Å². The van der Waals surface area contributed by atoms with E-state index < -0.39 is 6.04 Å². The van der Waals surface area contributed by atoms with Crippen molar-refractivity contribution in [2.75, 3.05) is 0 Å². The third kappa shape index (κ3) is 4.92. The molecule has 5 heteroatoms. The molecule has 0 aromatic carbocycles. The van der Waals surface area contributed by atoms with Gasteiger partial charge in [-0.05, 0) is 25.8 Å². The van der Waals surface area contributed by atoms with Gasteiger partial charge in [0.05, 0.1) is 11.8 Å². The molecule has 5 nitrogen and oxygen atoms in total. The fourth-order valence-corrected chi connectivity index (χ4v) is 2.67. The maximum Gasteiger partial charge on any atom is 0.255 e. The molecule has 0 saturated heterocycles. The summed E-state index contributed by atoms with van der Waals surface area (Å²) >= 11 is 0. The number of nitrogens with one attached hydrogen (secondary N) is 2. The Hall–Kier alpha value is -1.78. The number of furan rings is 1. The van der Waals surface area contributed by atoms with Gasteiger partial charge in [-0.1, -0.05) is 32.1 Å². The van der Waals surface area contributed by atoms with Crippen molar-refractivity contribution in [3.63, 3.8) is 0 Å². The van der Waals surface area contributed by atoms with E-state index in [1.54, 1.807) is 13.0 Å². The third-order valence-electron chi connectivity index (χ3n) is 3.98. The number of carbonyl (C=O) groups excluding carboxylic acids is 2. The molecular weight excluding hydrogens is 268 g/mol. The Labute approximate surface area is 125 Å². The van der Waals surface area contributed by atoms with E-state index >= 15 is 0 Å². The van der Waals surface area contributed by atoms with Crippen LogP contribution in [0, 0.1) is 0 Å². The molecule has 1 atom stereocenters. The minimum absolute atomic E-state index is 0.114. The highest BCUT2D eigenvalue weighted by Gasteiger charge is 2.20. The van der Waals surface area contributed by atoms with Gasteiger partial charge in [-0.3, -0.25) is 9.59 Å². The largest absolute Gasteiger partial charge is 0.472 e. The Morgan fingerprint density at radius 2 is 1.86 bits per heavy atom. The van der Waals surface area contributed by atoms with E-state index in [4.69, 9.17) is 4.42 Å². The highest BCUT2D eigenvalue weighted by Crippen LogP contribution is 2.17. The molecule has 1 aliphatic carbocycles. The van der Waals surface area contributed by atoms with Gasteiger partial charge in [-0.2, -0.15) is 0 Å². The highest BCUT2D eigenvalue weighted by atomic mass is 16.3. The van der Waals surface area contributed by atoms with Gasteiger partial charge < -0.3 is 15.1 Å². The Kier molecular flexibility index (Phi) is 5.84. The van der Waals surface area contributed by atoms with Crippen molar-refractivity contribution in [1.82, 2.24) is 10.6 Å². The molecule has 116 valence electrons. The average Bonchev–Trinajstić information content (AvgIpc) is 2.95. The predicted molar refractivity (Wildman–Crippen MR) is 79.9 cm³/mol. The van der Waals surface area contributed by atoms with Crippen LogP contribution < -0.4 is 10.6 Å². The summed E-state index contributed by atoms with van der Waals surface area (Å²) in [5.74, 6) is -0.401. The molecule has 0 radical (unpaired) electrons. The Balaban J connectivity index is 1.79. The van der Waals surface area contributed by atoms with E-state index in [-0.39, 0.29) is 17.9 Å². The SMILES string of the molecule is C[C@@H](NC(=O)c1ccoc1)C(=O)NC1CCCCCCC1. The van der Waals surface area contributed by atoms with Crippen LogP contribution in [0.15, 0.2) is 23.0 Å². The normalized spacial score (nSPS) is 18.3. The van der Waals surface area contributed by atoms with Gasteiger partial charge in [0.15, 0.2) is 0 Å². The minimum Gasteiger partial charge on any atom is -0.472 e. The van der Waals surface area contributed by atoms with Gasteiger partial charge in [0, 0.05) is 6.04 Å². The second kappa shape index (κ2) is 7.86. The molecule has 0 spiro atoms. The number of amides is 2. The van der Waals surface area contributed by atoms with Crippen LogP contribution in [-0.2, 0) is 4.79 Å². The van der Waals surface area contributed by atoms with Crippen LogP contribution in [0.5, 0.6) is 0 Å². The first-order valence-electron chi connectivity index (χ1n) is 7.80. The molecule has 2 amide bonds. The molecule has 0 aliphatic heterocycles. The lowest BCUT2D eigenvalue weighted by atomic mass is 9.96. The van der Waals surface area contributed by atoms with Gasteiger partial charge in [-0.25, -0.2) is 0 Å². The van der Waals surface area contributed by atoms with Gasteiger partial charge in [0.1, 0.15) is 12.3 Å². The highest BCUT2D eigenvalue weighted by molar-refractivity contribution is 5.97. The van der Waals surface area contributed by atoms with Crippen molar-refractivity contribution < 1.29 is 14.0 Å². The van der Waals surface area contributed by atoms with Crippen LogP contribution in [0.2, 0.25) is 0 Å². The number of hydrogen-bond acceptors (Lipinski definition) is 3. The van der Waals surface area contributed by atoms with Crippen molar-refractivity contribution in [3.05, 3.63) is 24.2 Å². The summed E-state index contributed by atoms with van der Waals surface area (Å²) in [6.07, 6.45) is 11.0. The van der Waals surface area contributed by atoms with Crippen molar-refractivity contribution in [2.45, 2.75) is 64.0 Å². The van der Waals surface area contributed by atoms with Crippen LogP contribution >= 0.6 is 0 Å². The summed E-state index contributed by atoms with van der Waals surface area (Å²) in [7, 11) is 0. The van der Waals surface area contributed by atoms with Crippen molar-refractivity contribution >= 4 is 11.8 Å². The number of rotatable bonds is 4. The van der Waals surface area contributed by atoms with Crippen molar-refractivity contribution in [2.24, 2.45) is 0 Å². The fourth-order valence-electron chi connectivity index (χ4n) is 2.67. The van der Waals surface area contributed by atoms with Crippen LogP contribution in [-0.4, -0.2) is 23.9 Å². The van der Waals surface area contributed by atoms with Crippen LogP contribution in [0.25, 0.3) is 0 Å². The van der Waals surface area contributed by atoms with E-state index in [0.717, 1.165) is 12.8 Å². The second-order valence-electron chi connectivity index (χ2n) is 5.76. The van der Waals surface area contributed by atoms with E-state index in [2.05, 4.69) is 10.6 Å². The third-order valence-corrected chi connectivity index (χ3v) is 3.98. The molecule has 21 heavy (non-hydrogen) atoms. The van der Waals surface area contributed by atoms with Gasteiger partial charge >= 0.3 is 0 Å². The van der Waals surface area contributed by atoms with Crippen molar-refractivity contribution in [3.8, 4) is 0 Å². The molecule has 1 heterocycles. The minimum atomic E-state index is -0.544. The molecule has 1 aromatic heterocycles. The lowest BCUT2D eigenvalue weighted by Gasteiger charge is -2.23. The van der Waals surface area contributed by atoms with Crippen LogP contribution in [0.3, 0.4) is 0 Å². The second-order valence-corrected chi connectivity index (χ2v) is 5.76. The topological polar surface area (TPSA) is 71.3 Å². The Morgan fingerprint density at radius 1 is 1.19 bits per heavy atom. The molecule has 0 unspecified atom stereocenters. The Morgan fingerprint density at radius 3 is 2.48 bits per heavy atom. The molecular formula is C16H24N2O3.